The summed E-state index contributed by atoms with van der Waals surface area (Å²) in [6.07, 6.45) is 11.6. The second kappa shape index (κ2) is 29.7. The summed E-state index contributed by atoms with van der Waals surface area (Å²) in [4.78, 5) is 70.3. The molecule has 0 unspecified atom stereocenters. The van der Waals surface area contributed by atoms with E-state index in [9.17, 15) is 0 Å². The SMILES string of the molecule is CN1CCN(Cc2cnc3oc4c(N5CCOCC5)nc(-c5cccc6[nH]ccc56)nc4c3c2)CC1.COCCN(C)Cc1cnc2oc3c(N4CCOCC4)nc(-c4cccc5[nH]ccc45)nc3c2c1.c1cc(-c2nc(N3CCOCC3)c3oc4ncc(CN5CCOCC5)cc4c3n2)c2cc[nH]c2c1. The standard InChI is InChI=1S/C27H29N7O2.C26H26N6O3.C26H28N6O3/c1-32-7-9-33(10-8-32)17-18-15-21-23-24(36-27(21)29-16-18)26(34-11-13-35-14-12-34)31-25(30-23)20-3-2-4-22-19(20)5-6-28-22;1-2-19(18-4-5-27-21(18)3-1)24-29-22-20-14-17(16-31-6-10-33-11-7-31)15-28-26(20)35-23(22)25(30-24)32-8-12-34-13-9-32;1-31(8-11-33-2)16-17-14-20-22-23(35-26(20)28-15-17)25(32-9-12-34-13-10-32)30-24(29-22)19-4-3-5-21-18(19)6-7-27-21/h2-6,15-16,28H,7-14,17H2,1H3;1-5,14-15,27H,6-13,16H2;3-7,14-15,27H,8-13,16H2,1-2H3. The summed E-state index contributed by atoms with van der Waals surface area (Å²) in [6.45, 7) is 20.2. The summed E-state index contributed by atoms with van der Waals surface area (Å²) in [5, 5.41) is 6.05. The van der Waals surface area contributed by atoms with Crippen molar-refractivity contribution in [3.05, 3.63) is 145 Å². The zero-order valence-electron chi connectivity index (χ0n) is 59.7. The van der Waals surface area contributed by atoms with E-state index in [1.807, 2.05) is 55.4 Å². The first-order chi connectivity index (χ1) is 52.3. The largest absolute Gasteiger partial charge is 0.432 e. The van der Waals surface area contributed by atoms with Gasteiger partial charge in [0.05, 0.1) is 75.6 Å². The molecule has 27 nitrogen and oxygen atoms in total. The first-order valence-corrected chi connectivity index (χ1v) is 36.6. The summed E-state index contributed by atoms with van der Waals surface area (Å²) in [6, 6.07) is 31.2. The highest BCUT2D eigenvalue weighted by Crippen LogP contribution is 2.41. The van der Waals surface area contributed by atoms with Crippen LogP contribution in [0.3, 0.4) is 0 Å². The normalized spacial score (nSPS) is 16.8. The molecule has 5 aliphatic rings. The molecule has 0 bridgehead atoms. The van der Waals surface area contributed by atoms with Crippen LogP contribution < -0.4 is 14.7 Å². The zero-order valence-corrected chi connectivity index (χ0v) is 59.7. The van der Waals surface area contributed by atoms with Crippen LogP contribution in [0.4, 0.5) is 17.5 Å². The van der Waals surface area contributed by atoms with E-state index in [2.05, 4.69) is 146 Å². The molecule has 27 heteroatoms. The van der Waals surface area contributed by atoms with Gasteiger partial charge in [-0.15, -0.1) is 0 Å². The molecule has 542 valence electrons. The minimum atomic E-state index is 0.573. The number of nitrogens with one attached hydrogen (secondary N) is 3. The second-order valence-corrected chi connectivity index (χ2v) is 27.8. The quantitative estimate of drug-likeness (QED) is 0.0860. The van der Waals surface area contributed by atoms with Gasteiger partial charge in [0, 0.05) is 198 Å². The molecule has 3 aromatic carbocycles. The highest BCUT2D eigenvalue weighted by Gasteiger charge is 2.29. The number of fused-ring (bicyclic) bond motifs is 12. The van der Waals surface area contributed by atoms with Gasteiger partial charge in [-0.05, 0) is 85.4 Å². The van der Waals surface area contributed by atoms with Gasteiger partial charge in [0.25, 0.3) is 0 Å². The third kappa shape index (κ3) is 13.6. The third-order valence-corrected chi connectivity index (χ3v) is 20.7. The molecule has 0 aliphatic carbocycles. The lowest BCUT2D eigenvalue weighted by molar-refractivity contribution is 0.0341. The van der Waals surface area contributed by atoms with Crippen molar-refractivity contribution >= 4 is 117 Å². The van der Waals surface area contributed by atoms with Gasteiger partial charge in [-0.2, -0.15) is 0 Å². The molecule has 3 N–H and O–H groups in total. The number of aromatic nitrogens is 12. The van der Waals surface area contributed by atoms with Gasteiger partial charge in [0.1, 0.15) is 16.6 Å². The van der Waals surface area contributed by atoms with Crippen LogP contribution in [-0.2, 0) is 43.3 Å². The van der Waals surface area contributed by atoms with Crippen LogP contribution in [0.25, 0.3) is 133 Å². The van der Waals surface area contributed by atoms with E-state index >= 15 is 0 Å². The Kier molecular flexibility index (Phi) is 18.9. The molecular weight excluding hydrogens is 1340 g/mol. The number of aromatic amines is 3. The molecule has 0 radical (unpaired) electrons. The number of hydrogen-bond acceptors (Lipinski definition) is 24. The number of H-pyrrole nitrogens is 3. The molecule has 15 aromatic rings. The Bertz CT molecular complexity index is 5640. The molecule has 5 fully saturated rings. The molecule has 0 amide bonds. The second-order valence-electron chi connectivity index (χ2n) is 27.8. The molecule has 106 heavy (non-hydrogen) atoms. The number of nitrogens with zero attached hydrogens (tertiary/aromatic N) is 16. The number of anilines is 3. The fourth-order valence-electron chi connectivity index (χ4n) is 15.0. The van der Waals surface area contributed by atoms with Gasteiger partial charge < -0.3 is 71.5 Å². The smallest absolute Gasteiger partial charge is 0.229 e. The van der Waals surface area contributed by atoms with E-state index in [1.165, 1.54) is 5.56 Å². The van der Waals surface area contributed by atoms with Gasteiger partial charge in [-0.1, -0.05) is 36.4 Å². The molecule has 5 aliphatic heterocycles. The fourth-order valence-corrected chi connectivity index (χ4v) is 15.0. The van der Waals surface area contributed by atoms with Crippen LogP contribution in [0.2, 0.25) is 0 Å². The van der Waals surface area contributed by atoms with Crippen molar-refractivity contribution in [2.24, 2.45) is 0 Å². The molecule has 0 atom stereocenters. The Morgan fingerprint density at radius 1 is 0.415 bits per heavy atom. The van der Waals surface area contributed by atoms with Crippen LogP contribution in [0, 0.1) is 0 Å². The minimum Gasteiger partial charge on any atom is -0.432 e. The average molecular weight is 1430 g/mol. The Hall–Kier alpha value is -10.6. The molecule has 20 rings (SSSR count). The number of furan rings is 3. The van der Waals surface area contributed by atoms with Gasteiger partial charge in [-0.25, -0.2) is 44.9 Å². The van der Waals surface area contributed by atoms with E-state index in [1.54, 1.807) is 7.11 Å². The summed E-state index contributed by atoms with van der Waals surface area (Å²) < 4.78 is 46.4. The molecular formula is C79H83N19O8. The lowest BCUT2D eigenvalue weighted by atomic mass is 10.1. The van der Waals surface area contributed by atoms with Gasteiger partial charge >= 0.3 is 0 Å². The Labute approximate surface area is 609 Å². The van der Waals surface area contributed by atoms with Crippen LogP contribution >= 0.6 is 0 Å². The minimum absolute atomic E-state index is 0.573. The number of piperazine rings is 1. The van der Waals surface area contributed by atoms with Crippen LogP contribution in [0.1, 0.15) is 16.7 Å². The van der Waals surface area contributed by atoms with Gasteiger partial charge in [-0.3, -0.25) is 14.7 Å². The molecule has 5 saturated heterocycles. The summed E-state index contributed by atoms with van der Waals surface area (Å²) in [5.41, 5.74) is 15.8. The highest BCUT2D eigenvalue weighted by atomic mass is 16.5. The first-order valence-electron chi connectivity index (χ1n) is 36.6. The number of benzene rings is 3. The van der Waals surface area contributed by atoms with Crippen LogP contribution in [0.15, 0.2) is 141 Å². The number of ether oxygens (including phenoxy) is 5. The van der Waals surface area contributed by atoms with Crippen molar-refractivity contribution in [2.75, 3.05) is 180 Å². The molecule has 0 spiro atoms. The maximum absolute atomic E-state index is 6.31. The number of rotatable bonds is 15. The van der Waals surface area contributed by atoms with Gasteiger partial charge in [0.15, 0.2) is 51.7 Å². The van der Waals surface area contributed by atoms with Crippen molar-refractivity contribution in [1.82, 2.24) is 79.4 Å². The van der Waals surface area contributed by atoms with Crippen molar-refractivity contribution in [3.8, 4) is 34.2 Å². The maximum Gasteiger partial charge on any atom is 0.229 e. The average Bonchev–Trinajstić information content (AvgIpc) is 1.59. The Morgan fingerprint density at radius 3 is 1.16 bits per heavy atom. The predicted molar refractivity (Wildman–Crippen MR) is 409 cm³/mol. The van der Waals surface area contributed by atoms with Crippen LogP contribution in [0.5, 0.6) is 0 Å². The van der Waals surface area contributed by atoms with Crippen molar-refractivity contribution in [1.29, 1.82) is 0 Å². The molecule has 12 aromatic heterocycles. The zero-order chi connectivity index (χ0) is 71.0. The maximum atomic E-state index is 6.31. The van der Waals surface area contributed by atoms with Crippen molar-refractivity contribution < 1.29 is 36.9 Å². The summed E-state index contributed by atoms with van der Waals surface area (Å²) in [7, 11) is 5.97. The Balaban J connectivity index is 0.000000113. The van der Waals surface area contributed by atoms with E-state index in [0.717, 1.165) is 229 Å². The predicted octanol–water partition coefficient (Wildman–Crippen LogP) is 10.9. The monoisotopic (exact) mass is 1430 g/mol. The Morgan fingerprint density at radius 2 is 0.774 bits per heavy atom. The van der Waals surface area contributed by atoms with Crippen molar-refractivity contribution in [3.63, 3.8) is 0 Å². The van der Waals surface area contributed by atoms with E-state index in [0.29, 0.717) is 97.6 Å². The summed E-state index contributed by atoms with van der Waals surface area (Å²) in [5.74, 6) is 4.46. The number of hydrogen-bond donors (Lipinski definition) is 3. The van der Waals surface area contributed by atoms with E-state index in [4.69, 9.17) is 71.8 Å². The molecule has 17 heterocycles. The van der Waals surface area contributed by atoms with Crippen molar-refractivity contribution in [2.45, 2.75) is 19.6 Å². The summed E-state index contributed by atoms with van der Waals surface area (Å²) >= 11 is 0. The van der Waals surface area contributed by atoms with E-state index < -0.39 is 0 Å². The van der Waals surface area contributed by atoms with Crippen LogP contribution in [-0.4, -0.2) is 245 Å². The number of morpholine rings is 4. The van der Waals surface area contributed by atoms with Gasteiger partial charge in [0.2, 0.25) is 17.1 Å². The number of likely N-dealkylation sites (N-methyl/N-ethyl adjacent to an activating group) is 2. The lowest BCUT2D eigenvalue weighted by Gasteiger charge is -2.32. The lowest BCUT2D eigenvalue weighted by Crippen LogP contribution is -2.43. The third-order valence-electron chi connectivity index (χ3n) is 20.7. The topological polar surface area (TPSA) is 272 Å². The fraction of sp³-hybridized carbons (Fsp3) is 0.354. The number of methoxy groups -OCH3 is 1. The van der Waals surface area contributed by atoms with E-state index in [-0.39, 0.29) is 0 Å². The highest BCUT2D eigenvalue weighted by molar-refractivity contribution is 6.09. The first kappa shape index (κ1) is 67.3. The molecule has 0 saturated carbocycles. The number of pyridine rings is 3.